The molecule has 3 N–H and O–H groups in total. The van der Waals surface area contributed by atoms with Crippen LogP contribution in [-0.2, 0) is 0 Å². The Morgan fingerprint density at radius 1 is 1.37 bits per heavy atom. The molecular weight excluding hydrogens is 242 g/mol. The van der Waals surface area contributed by atoms with Gasteiger partial charge in [0.15, 0.2) is 0 Å². The van der Waals surface area contributed by atoms with Gasteiger partial charge in [-0.05, 0) is 19.1 Å². The Labute approximate surface area is 109 Å². The number of fused-ring (bicyclic) bond motifs is 1. The Morgan fingerprint density at radius 2 is 2.26 bits per heavy atom. The first-order chi connectivity index (χ1) is 9.25. The van der Waals surface area contributed by atoms with E-state index in [1.165, 1.54) is 6.33 Å². The van der Waals surface area contributed by atoms with Crippen LogP contribution in [0.2, 0.25) is 0 Å². The summed E-state index contributed by atoms with van der Waals surface area (Å²) < 4.78 is 0. The summed E-state index contributed by atoms with van der Waals surface area (Å²) in [5, 5.41) is 10.4. The van der Waals surface area contributed by atoms with Crippen molar-refractivity contribution in [2.45, 2.75) is 13.0 Å². The summed E-state index contributed by atoms with van der Waals surface area (Å²) in [5.41, 5.74) is 1.46. The van der Waals surface area contributed by atoms with Crippen molar-refractivity contribution >= 4 is 16.8 Å². The lowest BCUT2D eigenvalue weighted by molar-refractivity contribution is 0.0940. The predicted octanol–water partition coefficient (Wildman–Crippen LogP) is 1.78. The average molecular weight is 255 g/mol. The lowest BCUT2D eigenvalue weighted by Gasteiger charge is -2.11. The highest BCUT2D eigenvalue weighted by Crippen LogP contribution is 2.17. The predicted molar refractivity (Wildman–Crippen MR) is 70.6 cm³/mol. The molecule has 3 rings (SSSR count). The molecule has 0 aliphatic rings. The quantitative estimate of drug-likeness (QED) is 0.666. The number of aromatic nitrogens is 4. The molecule has 1 aromatic carbocycles. The summed E-state index contributed by atoms with van der Waals surface area (Å²) in [6.45, 7) is 1.85. The number of amides is 1. The maximum atomic E-state index is 12.3. The summed E-state index contributed by atoms with van der Waals surface area (Å²) in [6.07, 6.45) is 3.24. The molecule has 0 spiro atoms. The molecule has 2 heterocycles. The Morgan fingerprint density at radius 3 is 3.05 bits per heavy atom. The number of rotatable bonds is 3. The fourth-order valence-electron chi connectivity index (χ4n) is 2.04. The molecule has 0 saturated carbocycles. The largest absolute Gasteiger partial charge is 0.361 e. The van der Waals surface area contributed by atoms with Gasteiger partial charge in [-0.3, -0.25) is 9.89 Å². The van der Waals surface area contributed by atoms with Crippen LogP contribution in [0.3, 0.4) is 0 Å². The van der Waals surface area contributed by atoms with Crippen molar-refractivity contribution in [3.63, 3.8) is 0 Å². The van der Waals surface area contributed by atoms with Gasteiger partial charge in [-0.2, -0.15) is 5.10 Å². The highest BCUT2D eigenvalue weighted by molar-refractivity contribution is 6.05. The standard InChI is InChI=1S/C13H13N5O/c1-8(12-15-7-16-18-12)17-13(19)10-4-2-3-9-5-6-14-11(9)10/h2-8,14H,1H3,(H,17,19)(H,15,16,18). The molecule has 0 fully saturated rings. The Balaban J connectivity index is 1.86. The number of carbonyl (C=O) groups excluding carboxylic acids is 1. The van der Waals surface area contributed by atoms with Crippen molar-refractivity contribution in [2.75, 3.05) is 0 Å². The number of H-pyrrole nitrogens is 2. The van der Waals surface area contributed by atoms with Gasteiger partial charge < -0.3 is 10.3 Å². The van der Waals surface area contributed by atoms with E-state index in [1.54, 1.807) is 6.07 Å². The van der Waals surface area contributed by atoms with Gasteiger partial charge in [0, 0.05) is 11.6 Å². The zero-order valence-corrected chi connectivity index (χ0v) is 10.3. The van der Waals surface area contributed by atoms with E-state index in [0.717, 1.165) is 10.9 Å². The van der Waals surface area contributed by atoms with Crippen molar-refractivity contribution in [3.05, 3.63) is 48.2 Å². The van der Waals surface area contributed by atoms with Gasteiger partial charge in [-0.15, -0.1) is 0 Å². The van der Waals surface area contributed by atoms with Gasteiger partial charge in [0.1, 0.15) is 12.2 Å². The molecule has 0 bridgehead atoms. The van der Waals surface area contributed by atoms with Crippen LogP contribution in [-0.4, -0.2) is 26.1 Å². The van der Waals surface area contributed by atoms with E-state index in [0.29, 0.717) is 11.4 Å². The van der Waals surface area contributed by atoms with Crippen LogP contribution in [0.25, 0.3) is 10.9 Å². The molecule has 1 unspecified atom stereocenters. The molecule has 1 amide bonds. The van der Waals surface area contributed by atoms with Crippen molar-refractivity contribution < 1.29 is 4.79 Å². The molecule has 0 saturated heterocycles. The molecule has 3 aromatic rings. The molecule has 6 nitrogen and oxygen atoms in total. The highest BCUT2D eigenvalue weighted by Gasteiger charge is 2.15. The fraction of sp³-hybridized carbons (Fsp3) is 0.154. The van der Waals surface area contributed by atoms with Crippen molar-refractivity contribution in [2.24, 2.45) is 0 Å². The van der Waals surface area contributed by atoms with Crippen LogP contribution in [0.5, 0.6) is 0 Å². The third kappa shape index (κ3) is 2.08. The van der Waals surface area contributed by atoms with Crippen LogP contribution < -0.4 is 5.32 Å². The Kier molecular flexibility index (Phi) is 2.75. The number of nitrogens with zero attached hydrogens (tertiary/aromatic N) is 2. The lowest BCUT2D eigenvalue weighted by atomic mass is 10.1. The first-order valence-electron chi connectivity index (χ1n) is 5.98. The van der Waals surface area contributed by atoms with E-state index >= 15 is 0 Å². The van der Waals surface area contributed by atoms with E-state index < -0.39 is 0 Å². The third-order valence-corrected chi connectivity index (χ3v) is 3.02. The molecule has 1 atom stereocenters. The van der Waals surface area contributed by atoms with E-state index in [-0.39, 0.29) is 11.9 Å². The van der Waals surface area contributed by atoms with E-state index in [4.69, 9.17) is 0 Å². The monoisotopic (exact) mass is 255 g/mol. The van der Waals surface area contributed by atoms with Crippen LogP contribution >= 0.6 is 0 Å². The zero-order valence-electron chi connectivity index (χ0n) is 10.3. The minimum absolute atomic E-state index is 0.142. The van der Waals surface area contributed by atoms with Gasteiger partial charge in [-0.25, -0.2) is 4.98 Å². The first-order valence-corrected chi connectivity index (χ1v) is 5.98. The topological polar surface area (TPSA) is 86.5 Å². The molecule has 96 valence electrons. The van der Waals surface area contributed by atoms with Gasteiger partial charge in [-0.1, -0.05) is 12.1 Å². The van der Waals surface area contributed by atoms with Gasteiger partial charge in [0.25, 0.3) is 5.91 Å². The van der Waals surface area contributed by atoms with Crippen molar-refractivity contribution in [3.8, 4) is 0 Å². The number of nitrogens with one attached hydrogen (secondary N) is 3. The number of carbonyl (C=O) groups is 1. The zero-order chi connectivity index (χ0) is 13.2. The summed E-state index contributed by atoms with van der Waals surface area (Å²) in [7, 11) is 0. The number of benzene rings is 1. The summed E-state index contributed by atoms with van der Waals surface area (Å²) in [6, 6.07) is 7.33. The van der Waals surface area contributed by atoms with Crippen LogP contribution in [0.1, 0.15) is 29.1 Å². The van der Waals surface area contributed by atoms with Gasteiger partial charge in [0.2, 0.25) is 0 Å². The third-order valence-electron chi connectivity index (χ3n) is 3.02. The molecule has 6 heteroatoms. The molecular formula is C13H13N5O. The molecule has 19 heavy (non-hydrogen) atoms. The highest BCUT2D eigenvalue weighted by atomic mass is 16.1. The minimum atomic E-state index is -0.222. The van der Waals surface area contributed by atoms with Gasteiger partial charge in [0.05, 0.1) is 17.1 Å². The molecule has 0 aliphatic carbocycles. The lowest BCUT2D eigenvalue weighted by Crippen LogP contribution is -2.27. The number of aromatic amines is 2. The average Bonchev–Trinajstić information content (AvgIpc) is 3.08. The SMILES string of the molecule is CC(NC(=O)c1cccc2cc[nH]c12)c1ncn[nH]1. The number of para-hydroxylation sites is 1. The summed E-state index contributed by atoms with van der Waals surface area (Å²) in [5.74, 6) is 0.490. The van der Waals surface area contributed by atoms with E-state index in [9.17, 15) is 4.79 Å². The minimum Gasteiger partial charge on any atom is -0.361 e. The van der Waals surface area contributed by atoms with Crippen LogP contribution in [0, 0.1) is 0 Å². The molecule has 0 radical (unpaired) electrons. The Bertz CT molecular complexity index is 701. The summed E-state index contributed by atoms with van der Waals surface area (Å²) >= 11 is 0. The van der Waals surface area contributed by atoms with Crippen molar-refractivity contribution in [1.82, 2.24) is 25.5 Å². The van der Waals surface area contributed by atoms with E-state index in [2.05, 4.69) is 25.5 Å². The second-order valence-corrected chi connectivity index (χ2v) is 4.31. The fourth-order valence-corrected chi connectivity index (χ4v) is 2.04. The normalized spacial score (nSPS) is 12.5. The van der Waals surface area contributed by atoms with Crippen LogP contribution in [0.4, 0.5) is 0 Å². The Hall–Kier alpha value is -2.63. The maximum absolute atomic E-state index is 12.3. The maximum Gasteiger partial charge on any atom is 0.253 e. The number of hydrogen-bond acceptors (Lipinski definition) is 3. The van der Waals surface area contributed by atoms with Gasteiger partial charge >= 0.3 is 0 Å². The molecule has 2 aromatic heterocycles. The van der Waals surface area contributed by atoms with Crippen LogP contribution in [0.15, 0.2) is 36.8 Å². The second-order valence-electron chi connectivity index (χ2n) is 4.31. The van der Waals surface area contributed by atoms with Crippen molar-refractivity contribution in [1.29, 1.82) is 0 Å². The second kappa shape index (κ2) is 4.56. The molecule has 0 aliphatic heterocycles. The summed E-state index contributed by atoms with van der Waals surface area (Å²) in [4.78, 5) is 19.4. The first kappa shape index (κ1) is 11.5. The number of hydrogen-bond donors (Lipinski definition) is 3. The smallest absolute Gasteiger partial charge is 0.253 e. The van der Waals surface area contributed by atoms with E-state index in [1.807, 2.05) is 31.3 Å².